The van der Waals surface area contributed by atoms with Gasteiger partial charge in [-0.05, 0) is 38.5 Å². The van der Waals surface area contributed by atoms with E-state index < -0.39 is 5.41 Å². The molecule has 2 amide bonds. The predicted molar refractivity (Wildman–Crippen MR) is 62.5 cm³/mol. The molecule has 1 atom stereocenters. The molecule has 0 heterocycles. The topological polar surface area (TPSA) is 72.2 Å². The highest BCUT2D eigenvalue weighted by molar-refractivity contribution is 5.82. The van der Waals surface area contributed by atoms with Crippen LogP contribution in [0.2, 0.25) is 0 Å². The van der Waals surface area contributed by atoms with E-state index in [0.717, 1.165) is 5.92 Å². The van der Waals surface area contributed by atoms with Gasteiger partial charge in [-0.2, -0.15) is 0 Å². The minimum atomic E-state index is -0.668. The van der Waals surface area contributed by atoms with Crippen LogP contribution >= 0.6 is 0 Å². The molecule has 0 radical (unpaired) electrons. The molecule has 1 rings (SSSR count). The Bertz CT molecular complexity index is 283. The molecule has 92 valence electrons. The van der Waals surface area contributed by atoms with Crippen molar-refractivity contribution in [3.8, 4) is 0 Å². The highest BCUT2D eigenvalue weighted by Gasteiger charge is 2.30. The quantitative estimate of drug-likeness (QED) is 0.710. The van der Waals surface area contributed by atoms with Crippen LogP contribution in [-0.2, 0) is 9.59 Å². The highest BCUT2D eigenvalue weighted by Crippen LogP contribution is 2.38. The van der Waals surface area contributed by atoms with Crippen LogP contribution in [0.25, 0.3) is 0 Å². The van der Waals surface area contributed by atoms with Crippen molar-refractivity contribution in [1.29, 1.82) is 0 Å². The molecule has 1 aliphatic rings. The molecule has 0 spiro atoms. The maximum atomic E-state index is 11.6. The second-order valence-corrected chi connectivity index (χ2v) is 5.54. The first-order valence-electron chi connectivity index (χ1n) is 5.89. The van der Waals surface area contributed by atoms with Crippen LogP contribution < -0.4 is 11.1 Å². The molecule has 4 heteroatoms. The molecule has 0 aliphatic heterocycles. The average molecular weight is 226 g/mol. The summed E-state index contributed by atoms with van der Waals surface area (Å²) in [6.45, 7) is 5.90. The van der Waals surface area contributed by atoms with Crippen molar-refractivity contribution in [2.45, 2.75) is 40.0 Å². The lowest BCUT2D eigenvalue weighted by atomic mass is 9.92. The van der Waals surface area contributed by atoms with Gasteiger partial charge in [-0.3, -0.25) is 9.59 Å². The van der Waals surface area contributed by atoms with Crippen molar-refractivity contribution >= 4 is 11.8 Å². The maximum Gasteiger partial charge on any atom is 0.224 e. The summed E-state index contributed by atoms with van der Waals surface area (Å²) in [5.74, 6) is 0.823. The fourth-order valence-electron chi connectivity index (χ4n) is 1.60. The van der Waals surface area contributed by atoms with Gasteiger partial charge in [-0.15, -0.1) is 0 Å². The van der Waals surface area contributed by atoms with Gasteiger partial charge in [0.15, 0.2) is 0 Å². The molecule has 3 N–H and O–H groups in total. The molecule has 0 aromatic carbocycles. The molecule has 0 saturated heterocycles. The minimum absolute atomic E-state index is 0.0220. The fourth-order valence-corrected chi connectivity index (χ4v) is 1.60. The van der Waals surface area contributed by atoms with Crippen LogP contribution in [0.1, 0.15) is 40.0 Å². The third kappa shape index (κ3) is 3.83. The number of hydrogen-bond donors (Lipinski definition) is 2. The van der Waals surface area contributed by atoms with Crippen molar-refractivity contribution in [2.24, 2.45) is 23.0 Å². The summed E-state index contributed by atoms with van der Waals surface area (Å²) in [6.07, 6.45) is 3.06. The van der Waals surface area contributed by atoms with E-state index in [1.807, 2.05) is 0 Å². The van der Waals surface area contributed by atoms with Gasteiger partial charge in [0, 0.05) is 13.0 Å². The zero-order valence-electron chi connectivity index (χ0n) is 10.4. The Kier molecular flexibility index (Phi) is 3.94. The van der Waals surface area contributed by atoms with Gasteiger partial charge in [0.1, 0.15) is 0 Å². The summed E-state index contributed by atoms with van der Waals surface area (Å²) < 4.78 is 0. The highest BCUT2D eigenvalue weighted by atomic mass is 16.2. The third-order valence-corrected chi connectivity index (χ3v) is 3.33. The number of carbonyl (C=O) groups is 2. The number of carbonyl (C=O) groups excluding carboxylic acids is 2. The van der Waals surface area contributed by atoms with Gasteiger partial charge in [0.05, 0.1) is 5.41 Å². The Labute approximate surface area is 97.0 Å². The van der Waals surface area contributed by atoms with Crippen molar-refractivity contribution in [3.63, 3.8) is 0 Å². The molecule has 1 fully saturated rings. The Morgan fingerprint density at radius 2 is 2.00 bits per heavy atom. The Morgan fingerprint density at radius 1 is 1.44 bits per heavy atom. The number of primary amides is 1. The first kappa shape index (κ1) is 13.0. The van der Waals surface area contributed by atoms with Gasteiger partial charge < -0.3 is 11.1 Å². The summed E-state index contributed by atoms with van der Waals surface area (Å²) in [6, 6.07) is 0. The van der Waals surface area contributed by atoms with E-state index in [1.54, 1.807) is 13.8 Å². The van der Waals surface area contributed by atoms with Crippen LogP contribution in [0.3, 0.4) is 0 Å². The summed E-state index contributed by atoms with van der Waals surface area (Å²) >= 11 is 0. The van der Waals surface area contributed by atoms with Crippen molar-refractivity contribution in [3.05, 3.63) is 0 Å². The normalized spacial score (nSPS) is 17.9. The Morgan fingerprint density at radius 3 is 2.44 bits per heavy atom. The van der Waals surface area contributed by atoms with Gasteiger partial charge in [0.25, 0.3) is 0 Å². The fraction of sp³-hybridized carbons (Fsp3) is 0.833. The van der Waals surface area contributed by atoms with E-state index >= 15 is 0 Å². The van der Waals surface area contributed by atoms with Crippen LogP contribution in [0.15, 0.2) is 0 Å². The number of hydrogen-bond acceptors (Lipinski definition) is 2. The van der Waals surface area contributed by atoms with Gasteiger partial charge in [0.2, 0.25) is 11.8 Å². The van der Waals surface area contributed by atoms with Gasteiger partial charge in [-0.1, -0.05) is 6.92 Å². The standard InChI is InChI=1S/C12H22N2O2/c1-8(9-4-5-9)6-10(15)14-7-12(2,3)11(13)16/h8-9H,4-7H2,1-3H3,(H2,13,16)(H,14,15)/t8-/m1/s1. The second kappa shape index (κ2) is 4.85. The monoisotopic (exact) mass is 226 g/mol. The smallest absolute Gasteiger partial charge is 0.224 e. The first-order valence-corrected chi connectivity index (χ1v) is 5.89. The van der Waals surface area contributed by atoms with Crippen molar-refractivity contribution in [2.75, 3.05) is 6.54 Å². The molecule has 0 aromatic heterocycles. The molecule has 16 heavy (non-hydrogen) atoms. The third-order valence-electron chi connectivity index (χ3n) is 3.33. The molecule has 1 aliphatic carbocycles. The molecule has 0 aromatic rings. The van der Waals surface area contributed by atoms with Crippen LogP contribution in [0.5, 0.6) is 0 Å². The Hall–Kier alpha value is -1.06. The molecule has 0 bridgehead atoms. The van der Waals surface area contributed by atoms with E-state index in [9.17, 15) is 9.59 Å². The van der Waals surface area contributed by atoms with Crippen molar-refractivity contribution in [1.82, 2.24) is 5.32 Å². The zero-order chi connectivity index (χ0) is 12.3. The van der Waals surface area contributed by atoms with E-state index in [0.29, 0.717) is 18.9 Å². The van der Waals surface area contributed by atoms with Crippen LogP contribution in [0.4, 0.5) is 0 Å². The lowest BCUT2D eigenvalue weighted by molar-refractivity contribution is -0.127. The zero-order valence-corrected chi connectivity index (χ0v) is 10.4. The Balaban J connectivity index is 2.26. The van der Waals surface area contributed by atoms with Crippen LogP contribution in [-0.4, -0.2) is 18.4 Å². The summed E-state index contributed by atoms with van der Waals surface area (Å²) in [4.78, 5) is 22.6. The van der Waals surface area contributed by atoms with E-state index in [-0.39, 0.29) is 11.8 Å². The number of rotatable bonds is 6. The molecular formula is C12H22N2O2. The summed E-state index contributed by atoms with van der Waals surface area (Å²) in [7, 11) is 0. The summed E-state index contributed by atoms with van der Waals surface area (Å²) in [5, 5.41) is 2.78. The lowest BCUT2D eigenvalue weighted by Gasteiger charge is -2.21. The second-order valence-electron chi connectivity index (χ2n) is 5.54. The molecule has 1 saturated carbocycles. The maximum absolute atomic E-state index is 11.6. The predicted octanol–water partition coefficient (Wildman–Crippen LogP) is 1.05. The van der Waals surface area contributed by atoms with Gasteiger partial charge in [-0.25, -0.2) is 0 Å². The lowest BCUT2D eigenvalue weighted by Crippen LogP contribution is -2.42. The summed E-state index contributed by atoms with van der Waals surface area (Å²) in [5.41, 5.74) is 4.56. The number of amides is 2. The minimum Gasteiger partial charge on any atom is -0.369 e. The van der Waals surface area contributed by atoms with Crippen molar-refractivity contribution < 1.29 is 9.59 Å². The van der Waals surface area contributed by atoms with E-state index in [4.69, 9.17) is 5.73 Å². The van der Waals surface area contributed by atoms with Gasteiger partial charge >= 0.3 is 0 Å². The first-order chi connectivity index (χ1) is 7.33. The number of nitrogens with two attached hydrogens (primary N) is 1. The SMILES string of the molecule is C[C@H](CC(=O)NCC(C)(C)C(N)=O)C1CC1. The molecular weight excluding hydrogens is 204 g/mol. The molecule has 4 nitrogen and oxygen atoms in total. The van der Waals surface area contributed by atoms with E-state index in [2.05, 4.69) is 12.2 Å². The molecule has 0 unspecified atom stereocenters. The largest absolute Gasteiger partial charge is 0.369 e. The van der Waals surface area contributed by atoms with Crippen LogP contribution in [0, 0.1) is 17.3 Å². The van der Waals surface area contributed by atoms with E-state index in [1.165, 1.54) is 12.8 Å². The average Bonchev–Trinajstić information content (AvgIpc) is 2.97. The number of nitrogens with one attached hydrogen (secondary N) is 1.